The minimum Gasteiger partial charge on any atom is -0.494 e. The van der Waals surface area contributed by atoms with Crippen molar-refractivity contribution < 1.29 is 9.26 Å². The van der Waals surface area contributed by atoms with Crippen molar-refractivity contribution in [3.05, 3.63) is 30.2 Å². The number of ether oxygens (including phenoxy) is 1. The molecule has 0 saturated carbocycles. The molecule has 2 N–H and O–H groups in total. The second kappa shape index (κ2) is 6.05. The van der Waals surface area contributed by atoms with Crippen molar-refractivity contribution in [3.63, 3.8) is 0 Å². The normalized spacial score (nSPS) is 14.0. The van der Waals surface area contributed by atoms with E-state index in [0.717, 1.165) is 17.7 Å². The molecule has 0 aliphatic heterocycles. The van der Waals surface area contributed by atoms with E-state index in [1.807, 2.05) is 38.1 Å². The quantitative estimate of drug-likeness (QED) is 0.877. The molecule has 1 atom stereocenters. The van der Waals surface area contributed by atoms with E-state index in [9.17, 15) is 0 Å². The van der Waals surface area contributed by atoms with Gasteiger partial charge in [-0.1, -0.05) is 24.2 Å². The highest BCUT2D eigenvalue weighted by Gasteiger charge is 2.29. The van der Waals surface area contributed by atoms with E-state index >= 15 is 0 Å². The van der Waals surface area contributed by atoms with Crippen molar-refractivity contribution in [2.45, 2.75) is 32.6 Å². The first-order valence-electron chi connectivity index (χ1n) is 6.90. The zero-order valence-electron chi connectivity index (χ0n) is 12.2. The van der Waals surface area contributed by atoms with Gasteiger partial charge in [0, 0.05) is 12.1 Å². The number of aromatic nitrogens is 2. The number of rotatable bonds is 6. The summed E-state index contributed by atoms with van der Waals surface area (Å²) in [5.74, 6) is 1.95. The predicted molar refractivity (Wildman–Crippen MR) is 77.6 cm³/mol. The Kier molecular flexibility index (Phi) is 4.39. The first-order valence-corrected chi connectivity index (χ1v) is 6.90. The van der Waals surface area contributed by atoms with Crippen LogP contribution in [-0.4, -0.2) is 23.3 Å². The standard InChI is InChI=1S/C15H21N3O2/c1-4-15(3,10-16)14-17-13(18-20-14)11-7-6-8-12(9-11)19-5-2/h6-9H,4-5,10,16H2,1-3H3. The van der Waals surface area contributed by atoms with Gasteiger partial charge in [-0.2, -0.15) is 4.98 Å². The minimum atomic E-state index is -0.275. The summed E-state index contributed by atoms with van der Waals surface area (Å²) in [6, 6.07) is 7.66. The average Bonchev–Trinajstić information content (AvgIpc) is 2.97. The molecular weight excluding hydrogens is 254 g/mol. The maximum Gasteiger partial charge on any atom is 0.234 e. The van der Waals surface area contributed by atoms with E-state index in [1.165, 1.54) is 0 Å². The summed E-state index contributed by atoms with van der Waals surface area (Å²) < 4.78 is 10.9. The molecule has 0 bridgehead atoms. The molecular formula is C15H21N3O2. The topological polar surface area (TPSA) is 74.2 Å². The molecule has 108 valence electrons. The van der Waals surface area contributed by atoms with Crippen molar-refractivity contribution in [2.24, 2.45) is 5.73 Å². The second-order valence-corrected chi connectivity index (χ2v) is 5.00. The summed E-state index contributed by atoms with van der Waals surface area (Å²) in [6.45, 7) is 7.15. The summed E-state index contributed by atoms with van der Waals surface area (Å²) >= 11 is 0. The van der Waals surface area contributed by atoms with Crippen molar-refractivity contribution in [1.82, 2.24) is 10.1 Å². The third-order valence-corrected chi connectivity index (χ3v) is 3.58. The number of benzene rings is 1. The number of hydrogen-bond acceptors (Lipinski definition) is 5. The van der Waals surface area contributed by atoms with Gasteiger partial charge < -0.3 is 15.0 Å². The zero-order chi connectivity index (χ0) is 14.6. The Hall–Kier alpha value is -1.88. The Morgan fingerprint density at radius 2 is 2.15 bits per heavy atom. The highest BCUT2D eigenvalue weighted by molar-refractivity contribution is 5.56. The van der Waals surface area contributed by atoms with Gasteiger partial charge in [0.05, 0.1) is 12.0 Å². The van der Waals surface area contributed by atoms with Gasteiger partial charge in [-0.05, 0) is 32.4 Å². The Bertz CT molecular complexity index is 562. The fourth-order valence-corrected chi connectivity index (χ4v) is 1.86. The van der Waals surface area contributed by atoms with E-state index in [1.54, 1.807) is 0 Å². The van der Waals surface area contributed by atoms with Gasteiger partial charge in [-0.25, -0.2) is 0 Å². The molecule has 5 nitrogen and oxygen atoms in total. The molecule has 0 aliphatic rings. The fraction of sp³-hybridized carbons (Fsp3) is 0.467. The minimum absolute atomic E-state index is 0.275. The van der Waals surface area contributed by atoms with Crippen molar-refractivity contribution in [2.75, 3.05) is 13.2 Å². The summed E-state index contributed by atoms with van der Waals surface area (Å²) in [7, 11) is 0. The van der Waals surface area contributed by atoms with Gasteiger partial charge >= 0.3 is 0 Å². The van der Waals surface area contributed by atoms with E-state index in [-0.39, 0.29) is 5.41 Å². The zero-order valence-corrected chi connectivity index (χ0v) is 12.2. The molecule has 2 rings (SSSR count). The maximum atomic E-state index is 5.81. The van der Waals surface area contributed by atoms with Crippen LogP contribution in [0.5, 0.6) is 5.75 Å². The molecule has 0 radical (unpaired) electrons. The van der Waals surface area contributed by atoms with E-state index in [0.29, 0.717) is 24.9 Å². The summed E-state index contributed by atoms with van der Waals surface area (Å²) in [6.07, 6.45) is 0.851. The van der Waals surface area contributed by atoms with E-state index < -0.39 is 0 Å². The smallest absolute Gasteiger partial charge is 0.234 e. The van der Waals surface area contributed by atoms with Crippen molar-refractivity contribution in [1.29, 1.82) is 0 Å². The Morgan fingerprint density at radius 3 is 2.80 bits per heavy atom. The van der Waals surface area contributed by atoms with Crippen LogP contribution in [0, 0.1) is 0 Å². The van der Waals surface area contributed by atoms with Crippen LogP contribution in [0.1, 0.15) is 33.1 Å². The molecule has 2 aromatic rings. The highest BCUT2D eigenvalue weighted by atomic mass is 16.5. The monoisotopic (exact) mass is 275 g/mol. The average molecular weight is 275 g/mol. The Labute approximate surface area is 119 Å². The molecule has 20 heavy (non-hydrogen) atoms. The van der Waals surface area contributed by atoms with E-state index in [2.05, 4.69) is 17.1 Å². The molecule has 0 spiro atoms. The van der Waals surface area contributed by atoms with Gasteiger partial charge in [0.1, 0.15) is 5.75 Å². The predicted octanol–water partition coefficient (Wildman–Crippen LogP) is 2.76. The molecule has 0 aliphatic carbocycles. The van der Waals surface area contributed by atoms with Crippen LogP contribution in [0.4, 0.5) is 0 Å². The number of nitrogens with zero attached hydrogens (tertiary/aromatic N) is 2. The molecule has 1 aromatic carbocycles. The fourth-order valence-electron chi connectivity index (χ4n) is 1.86. The SMILES string of the molecule is CCOc1cccc(-c2noc(C(C)(CC)CN)n2)c1. The molecule has 5 heteroatoms. The Balaban J connectivity index is 2.31. The second-order valence-electron chi connectivity index (χ2n) is 5.00. The summed E-state index contributed by atoms with van der Waals surface area (Å²) in [5, 5.41) is 4.05. The van der Waals surface area contributed by atoms with Crippen LogP contribution < -0.4 is 10.5 Å². The van der Waals surface area contributed by atoms with Crippen LogP contribution in [0.2, 0.25) is 0 Å². The highest BCUT2D eigenvalue weighted by Crippen LogP contribution is 2.28. The van der Waals surface area contributed by atoms with Crippen molar-refractivity contribution in [3.8, 4) is 17.1 Å². The lowest BCUT2D eigenvalue weighted by molar-refractivity contribution is 0.291. The number of nitrogens with two attached hydrogens (primary N) is 1. The molecule has 1 unspecified atom stereocenters. The van der Waals surface area contributed by atoms with Crippen LogP contribution in [0.3, 0.4) is 0 Å². The lowest BCUT2D eigenvalue weighted by Gasteiger charge is -2.20. The van der Waals surface area contributed by atoms with Crippen LogP contribution in [0.15, 0.2) is 28.8 Å². The third-order valence-electron chi connectivity index (χ3n) is 3.58. The first kappa shape index (κ1) is 14.5. The first-order chi connectivity index (χ1) is 9.62. The maximum absolute atomic E-state index is 5.81. The molecule has 1 aromatic heterocycles. The van der Waals surface area contributed by atoms with Gasteiger partial charge in [0.15, 0.2) is 0 Å². The largest absolute Gasteiger partial charge is 0.494 e. The van der Waals surface area contributed by atoms with Gasteiger partial charge in [0.2, 0.25) is 11.7 Å². The molecule has 0 saturated heterocycles. The van der Waals surface area contributed by atoms with E-state index in [4.69, 9.17) is 15.0 Å². The van der Waals surface area contributed by atoms with Gasteiger partial charge in [-0.3, -0.25) is 0 Å². The molecule has 0 amide bonds. The van der Waals surface area contributed by atoms with Crippen LogP contribution in [-0.2, 0) is 5.41 Å². The van der Waals surface area contributed by atoms with Crippen molar-refractivity contribution >= 4 is 0 Å². The molecule has 0 fully saturated rings. The summed E-state index contributed by atoms with van der Waals surface area (Å²) in [5.41, 5.74) is 6.41. The Morgan fingerprint density at radius 1 is 1.35 bits per heavy atom. The lowest BCUT2D eigenvalue weighted by Crippen LogP contribution is -2.31. The van der Waals surface area contributed by atoms with Gasteiger partial charge in [-0.15, -0.1) is 0 Å². The third kappa shape index (κ3) is 2.82. The van der Waals surface area contributed by atoms with Gasteiger partial charge in [0.25, 0.3) is 0 Å². The lowest BCUT2D eigenvalue weighted by atomic mass is 9.88. The van der Waals surface area contributed by atoms with Crippen LogP contribution >= 0.6 is 0 Å². The molecule has 1 heterocycles. The van der Waals surface area contributed by atoms with Crippen LogP contribution in [0.25, 0.3) is 11.4 Å². The number of hydrogen-bond donors (Lipinski definition) is 1. The summed E-state index contributed by atoms with van der Waals surface area (Å²) in [4.78, 5) is 4.48.